The van der Waals surface area contributed by atoms with Crippen molar-refractivity contribution in [2.75, 3.05) is 6.61 Å². The average Bonchev–Trinajstić information content (AvgIpc) is 3.84. The quantitative estimate of drug-likeness (QED) is 0.198. The molecule has 4 heterocycles. The number of fused-ring (bicyclic) bond motifs is 6. The number of aliphatic hydroxyl groups excluding tert-OH is 4. The molecule has 19 atom stereocenters. The minimum absolute atomic E-state index is 0.0420. The van der Waals surface area contributed by atoms with Crippen molar-refractivity contribution in [1.82, 2.24) is 0 Å². The average molecular weight is 677 g/mol. The van der Waals surface area contributed by atoms with Crippen LogP contribution in [0.5, 0.6) is 0 Å². The van der Waals surface area contributed by atoms with E-state index in [1.165, 1.54) is 0 Å². The smallest absolute Gasteiger partial charge is 0.302 e. The van der Waals surface area contributed by atoms with Crippen LogP contribution in [0.25, 0.3) is 0 Å². The predicted octanol–water partition coefficient (Wildman–Crippen LogP) is 3.03. The Morgan fingerprint density at radius 3 is 2.23 bits per heavy atom. The van der Waals surface area contributed by atoms with Gasteiger partial charge in [-0.1, -0.05) is 34.6 Å². The maximum atomic E-state index is 12.9. The summed E-state index contributed by atoms with van der Waals surface area (Å²) in [5.74, 6) is 0.0295. The van der Waals surface area contributed by atoms with Crippen LogP contribution >= 0.6 is 0 Å². The molecule has 48 heavy (non-hydrogen) atoms. The number of esters is 1. The van der Waals surface area contributed by atoms with Gasteiger partial charge >= 0.3 is 5.97 Å². The normalized spacial score (nSPS) is 63.3. The molecule has 0 amide bonds. The number of hydrogen-bond donors (Lipinski definition) is 4. The molecule has 5 saturated carbocycles. The molecular weight excluding hydrogens is 620 g/mol. The Balaban J connectivity index is 1.03. The molecule has 0 aromatic carbocycles. The molecule has 270 valence electrons. The van der Waals surface area contributed by atoms with Crippen LogP contribution in [0.15, 0.2) is 0 Å². The van der Waals surface area contributed by atoms with Crippen molar-refractivity contribution in [3.05, 3.63) is 0 Å². The van der Waals surface area contributed by atoms with Crippen molar-refractivity contribution < 1.29 is 53.6 Å². The molecule has 4 saturated heterocycles. The fourth-order valence-corrected chi connectivity index (χ4v) is 14.6. The van der Waals surface area contributed by atoms with Crippen molar-refractivity contribution in [2.24, 2.45) is 50.7 Å². The van der Waals surface area contributed by atoms with Crippen molar-refractivity contribution in [1.29, 1.82) is 0 Å². The first-order chi connectivity index (χ1) is 22.4. The fourth-order valence-electron chi connectivity index (χ4n) is 14.6. The minimum Gasteiger partial charge on any atom is -0.462 e. The standard InChI is InChI=1S/C37H56O11/c1-17-12-37(29-34(7,47-29)30(42)48-37)46-20-13-32(5)22-9-8-21-31(3,4)23(45-28-27(41)26(40)19(39)15-43-28)10-11-35(21)16-36(22,35)14-24(44-18(2)38)33(32,6)25(17)20/h17,19-30,39-42H,8-16H2,1-7H3/t17?,19?,20?,21?,22?,23?,24?,25?,26?,27?,28?,29?,30?,32-,33+,34?,35+,36-,37?/m0/s1. The highest BCUT2D eigenvalue weighted by molar-refractivity contribution is 5.66. The maximum absolute atomic E-state index is 12.9. The van der Waals surface area contributed by atoms with E-state index in [-0.39, 0.29) is 75.9 Å². The molecule has 11 heteroatoms. The van der Waals surface area contributed by atoms with Crippen molar-refractivity contribution >= 4 is 5.97 Å². The molecule has 0 radical (unpaired) electrons. The summed E-state index contributed by atoms with van der Waals surface area (Å²) in [6.45, 7) is 15.1. The summed E-state index contributed by atoms with van der Waals surface area (Å²) in [6, 6.07) is 0. The van der Waals surface area contributed by atoms with E-state index in [4.69, 9.17) is 28.4 Å². The monoisotopic (exact) mass is 676 g/mol. The van der Waals surface area contributed by atoms with Gasteiger partial charge in [-0.05, 0) is 97.2 Å². The maximum Gasteiger partial charge on any atom is 0.302 e. The van der Waals surface area contributed by atoms with Gasteiger partial charge in [-0.3, -0.25) is 4.79 Å². The van der Waals surface area contributed by atoms with E-state index in [1.807, 2.05) is 6.92 Å². The second kappa shape index (κ2) is 9.75. The third-order valence-corrected chi connectivity index (χ3v) is 16.8. The van der Waals surface area contributed by atoms with E-state index in [0.717, 1.165) is 44.9 Å². The van der Waals surface area contributed by atoms with Crippen LogP contribution in [-0.2, 0) is 33.2 Å². The molecule has 9 aliphatic rings. The lowest BCUT2D eigenvalue weighted by atomic mass is 9.41. The van der Waals surface area contributed by atoms with E-state index >= 15 is 0 Å². The van der Waals surface area contributed by atoms with Gasteiger partial charge in [-0.2, -0.15) is 0 Å². The summed E-state index contributed by atoms with van der Waals surface area (Å²) in [5.41, 5.74) is -1.23. The van der Waals surface area contributed by atoms with Crippen LogP contribution in [0, 0.1) is 50.7 Å². The highest BCUT2D eigenvalue weighted by Crippen LogP contribution is 2.89. The number of carbonyl (C=O) groups excluding carboxylic acids is 1. The SMILES string of the molecule is CC(=O)OC1C[C@@]23C[C@@]24CCC(OC2OCC(O)C(O)C2O)C(C)(C)C4CCC3[C@]2(C)CC3OC4(CC(C)C3[C@@]12C)OC(O)C1(C)OC41. The van der Waals surface area contributed by atoms with E-state index in [2.05, 4.69) is 34.6 Å². The van der Waals surface area contributed by atoms with Crippen LogP contribution in [0.2, 0.25) is 0 Å². The fraction of sp³-hybridized carbons (Fsp3) is 0.973. The third kappa shape index (κ3) is 3.74. The summed E-state index contributed by atoms with van der Waals surface area (Å²) < 4.78 is 37.9. The highest BCUT2D eigenvalue weighted by atomic mass is 16.8. The first-order valence-electron chi connectivity index (χ1n) is 18.6. The topological polar surface area (TPSA) is 157 Å². The number of rotatable bonds is 3. The Morgan fingerprint density at radius 1 is 0.833 bits per heavy atom. The Morgan fingerprint density at radius 2 is 1.56 bits per heavy atom. The second-order valence-corrected chi connectivity index (χ2v) is 18.9. The van der Waals surface area contributed by atoms with Crippen LogP contribution in [0.4, 0.5) is 0 Å². The molecule has 15 unspecified atom stereocenters. The van der Waals surface area contributed by atoms with E-state index in [1.54, 1.807) is 6.92 Å². The van der Waals surface area contributed by atoms with Crippen LogP contribution in [-0.4, -0.2) is 99.7 Å². The predicted molar refractivity (Wildman–Crippen MR) is 168 cm³/mol. The first-order valence-corrected chi connectivity index (χ1v) is 18.6. The lowest BCUT2D eigenvalue weighted by Crippen LogP contribution is -2.64. The lowest BCUT2D eigenvalue weighted by molar-refractivity contribution is -0.346. The molecule has 0 aromatic rings. The lowest BCUT2D eigenvalue weighted by Gasteiger charge is -2.65. The Hall–Kier alpha value is -0.890. The van der Waals surface area contributed by atoms with Crippen LogP contribution in [0.1, 0.15) is 99.8 Å². The zero-order valence-electron chi connectivity index (χ0n) is 29.5. The molecular formula is C37H56O11. The van der Waals surface area contributed by atoms with Gasteiger partial charge in [0.25, 0.3) is 0 Å². The largest absolute Gasteiger partial charge is 0.462 e. The van der Waals surface area contributed by atoms with Crippen molar-refractivity contribution in [3.63, 3.8) is 0 Å². The van der Waals surface area contributed by atoms with Gasteiger partial charge < -0.3 is 48.8 Å². The van der Waals surface area contributed by atoms with Crippen molar-refractivity contribution in [2.45, 2.75) is 167 Å². The third-order valence-electron chi connectivity index (χ3n) is 16.8. The molecule has 5 aliphatic carbocycles. The van der Waals surface area contributed by atoms with Crippen LogP contribution < -0.4 is 0 Å². The summed E-state index contributed by atoms with van der Waals surface area (Å²) in [4.78, 5) is 12.9. The number of hydrogen-bond acceptors (Lipinski definition) is 11. The molecule has 11 nitrogen and oxygen atoms in total. The van der Waals surface area contributed by atoms with Gasteiger partial charge in [0.15, 0.2) is 12.6 Å². The zero-order chi connectivity index (χ0) is 34.2. The van der Waals surface area contributed by atoms with Gasteiger partial charge in [0.1, 0.15) is 36.1 Å². The van der Waals surface area contributed by atoms with E-state index in [9.17, 15) is 25.2 Å². The zero-order valence-corrected chi connectivity index (χ0v) is 29.5. The Kier molecular flexibility index (Phi) is 6.70. The number of carbonyl (C=O) groups is 1. The number of epoxide rings is 1. The van der Waals surface area contributed by atoms with Gasteiger partial charge in [-0.15, -0.1) is 0 Å². The molecule has 9 rings (SSSR count). The second-order valence-electron chi connectivity index (χ2n) is 18.9. The molecule has 0 aromatic heterocycles. The molecule has 4 aliphatic heterocycles. The number of ether oxygens (including phenoxy) is 6. The molecule has 0 bridgehead atoms. The first kappa shape index (κ1) is 33.0. The summed E-state index contributed by atoms with van der Waals surface area (Å²) in [6.07, 6.45) is 0.880. The van der Waals surface area contributed by atoms with E-state index < -0.39 is 42.3 Å². The van der Waals surface area contributed by atoms with Gasteiger partial charge in [0, 0.05) is 18.8 Å². The van der Waals surface area contributed by atoms with Crippen molar-refractivity contribution in [3.8, 4) is 0 Å². The summed E-state index contributed by atoms with van der Waals surface area (Å²) in [5, 5.41) is 41.7. The van der Waals surface area contributed by atoms with Gasteiger partial charge in [0.2, 0.25) is 5.79 Å². The van der Waals surface area contributed by atoms with Crippen LogP contribution in [0.3, 0.4) is 0 Å². The molecule has 4 N–H and O–H groups in total. The summed E-state index contributed by atoms with van der Waals surface area (Å²) >= 11 is 0. The van der Waals surface area contributed by atoms with E-state index in [0.29, 0.717) is 18.3 Å². The number of aliphatic hydroxyl groups is 4. The van der Waals surface area contributed by atoms with Gasteiger partial charge in [0.05, 0.1) is 18.8 Å². The highest BCUT2D eigenvalue weighted by Gasteiger charge is 2.87. The summed E-state index contributed by atoms with van der Waals surface area (Å²) in [7, 11) is 0. The molecule has 9 fully saturated rings. The van der Waals surface area contributed by atoms with Gasteiger partial charge in [-0.25, -0.2) is 0 Å². The minimum atomic E-state index is -1.31. The molecule has 3 spiro atoms. The Labute approximate surface area is 283 Å². The Bertz CT molecular complexity index is 1390.